The lowest BCUT2D eigenvalue weighted by atomic mass is 10.00. The third kappa shape index (κ3) is 3.04. The highest BCUT2D eigenvalue weighted by molar-refractivity contribution is 6.35. The van der Waals surface area contributed by atoms with E-state index in [1.165, 1.54) is 4.90 Å². The average molecular weight is 490 g/mol. The Hall–Kier alpha value is -5.47. The topological polar surface area (TPSA) is 66.1 Å². The molecule has 1 aliphatic rings. The van der Waals surface area contributed by atoms with Gasteiger partial charge in [-0.1, -0.05) is 72.8 Å². The van der Waals surface area contributed by atoms with Crippen molar-refractivity contribution in [1.29, 1.82) is 5.26 Å². The van der Waals surface area contributed by atoms with Gasteiger partial charge in [0.05, 0.1) is 45.2 Å². The number of para-hydroxylation sites is 3. The predicted molar refractivity (Wildman–Crippen MR) is 149 cm³/mol. The Balaban J connectivity index is 1.56. The zero-order chi connectivity index (χ0) is 25.8. The first-order chi connectivity index (χ1) is 18.7. The Morgan fingerprint density at radius 3 is 2.18 bits per heavy atom. The van der Waals surface area contributed by atoms with Crippen LogP contribution in [0.4, 0.5) is 5.69 Å². The van der Waals surface area contributed by atoms with E-state index in [1.807, 2.05) is 78.9 Å². The molecule has 0 N–H and O–H groups in total. The first kappa shape index (κ1) is 21.8. The van der Waals surface area contributed by atoms with Gasteiger partial charge >= 0.3 is 0 Å². The van der Waals surface area contributed by atoms with E-state index >= 15 is 0 Å². The van der Waals surface area contributed by atoms with Gasteiger partial charge in [-0.25, -0.2) is 4.90 Å². The summed E-state index contributed by atoms with van der Waals surface area (Å²) in [5.41, 5.74) is 6.20. The highest BCUT2D eigenvalue weighted by Crippen LogP contribution is 2.41. The second kappa shape index (κ2) is 8.29. The highest BCUT2D eigenvalue weighted by Gasteiger charge is 2.39. The Morgan fingerprint density at radius 2 is 1.34 bits per heavy atom. The summed E-state index contributed by atoms with van der Waals surface area (Å²) in [7, 11) is 0. The summed E-state index contributed by atoms with van der Waals surface area (Å²) in [6.45, 7) is 0. The van der Waals surface area contributed by atoms with E-state index in [4.69, 9.17) is 0 Å². The summed E-state index contributed by atoms with van der Waals surface area (Å²) in [5.74, 6) is -0.678. The molecule has 0 fully saturated rings. The van der Waals surface area contributed by atoms with Crippen molar-refractivity contribution in [2.45, 2.75) is 0 Å². The molecule has 5 heteroatoms. The number of benzene rings is 5. The molecule has 6 aromatic rings. The van der Waals surface area contributed by atoms with E-state index in [2.05, 4.69) is 22.8 Å². The molecule has 38 heavy (non-hydrogen) atoms. The van der Waals surface area contributed by atoms with Crippen molar-refractivity contribution >= 4 is 39.3 Å². The van der Waals surface area contributed by atoms with Crippen LogP contribution in [-0.4, -0.2) is 16.4 Å². The molecule has 178 valence electrons. The van der Waals surface area contributed by atoms with Crippen LogP contribution in [0, 0.1) is 11.3 Å². The fraction of sp³-hybridized carbons (Fsp3) is 0. The second-order valence-electron chi connectivity index (χ2n) is 9.23. The monoisotopic (exact) mass is 489 g/mol. The molecule has 2 amide bonds. The van der Waals surface area contributed by atoms with E-state index in [0.717, 1.165) is 32.9 Å². The van der Waals surface area contributed by atoms with Gasteiger partial charge in [0.1, 0.15) is 0 Å². The number of anilines is 1. The zero-order valence-corrected chi connectivity index (χ0v) is 20.1. The number of nitrogens with zero attached hydrogens (tertiary/aromatic N) is 3. The van der Waals surface area contributed by atoms with Crippen LogP contribution in [-0.2, 0) is 0 Å². The molecule has 7 rings (SSSR count). The highest BCUT2D eigenvalue weighted by atomic mass is 16.2. The standard InChI is InChI=1S/C33H19N3O2/c34-20-21-9-6-10-22(19-21)24-14-7-15-26-25-13-4-5-17-28(25)36(31(24)26)29-18-8-16-27-30(29)33(38)35(32(27)37)23-11-2-1-3-12-23/h1-19H. The number of fused-ring (bicyclic) bond motifs is 4. The smallest absolute Gasteiger partial charge is 0.268 e. The molecule has 0 spiro atoms. The molecule has 1 aromatic heterocycles. The minimum Gasteiger partial charge on any atom is -0.308 e. The van der Waals surface area contributed by atoms with Crippen LogP contribution in [0.1, 0.15) is 26.3 Å². The van der Waals surface area contributed by atoms with Gasteiger partial charge in [0.2, 0.25) is 0 Å². The van der Waals surface area contributed by atoms with Crippen molar-refractivity contribution in [2.75, 3.05) is 4.90 Å². The summed E-state index contributed by atoms with van der Waals surface area (Å²) in [5, 5.41) is 11.6. The van der Waals surface area contributed by atoms with Crippen LogP contribution in [0.3, 0.4) is 0 Å². The molecule has 0 aliphatic carbocycles. The van der Waals surface area contributed by atoms with E-state index in [-0.39, 0.29) is 11.8 Å². The maximum Gasteiger partial charge on any atom is 0.268 e. The Morgan fingerprint density at radius 1 is 0.632 bits per heavy atom. The maximum atomic E-state index is 13.9. The molecule has 0 saturated heterocycles. The SMILES string of the molecule is N#Cc1cccc(-c2cccc3c4ccccc4n(-c4cccc5c4C(=O)N(c4ccccc4)C5=O)c23)c1. The first-order valence-electron chi connectivity index (χ1n) is 12.3. The Kier molecular flexibility index (Phi) is 4.75. The van der Waals surface area contributed by atoms with Gasteiger partial charge in [-0.15, -0.1) is 0 Å². The number of hydrogen-bond donors (Lipinski definition) is 0. The van der Waals surface area contributed by atoms with Gasteiger partial charge in [-0.05, 0) is 48.0 Å². The second-order valence-corrected chi connectivity index (χ2v) is 9.23. The van der Waals surface area contributed by atoms with Crippen LogP contribution in [0.25, 0.3) is 38.6 Å². The Labute approximate surface area is 218 Å². The van der Waals surface area contributed by atoms with Crippen LogP contribution in [0.15, 0.2) is 115 Å². The van der Waals surface area contributed by atoms with Gasteiger partial charge in [0.15, 0.2) is 0 Å². The quantitative estimate of drug-likeness (QED) is 0.249. The lowest BCUT2D eigenvalue weighted by Gasteiger charge is -2.15. The molecule has 0 radical (unpaired) electrons. The molecule has 5 nitrogen and oxygen atoms in total. The number of nitriles is 1. The minimum absolute atomic E-state index is 0.333. The predicted octanol–water partition coefficient (Wildman–Crippen LogP) is 7.12. The molecular weight excluding hydrogens is 470 g/mol. The summed E-state index contributed by atoms with van der Waals surface area (Å²) in [4.78, 5) is 28.6. The van der Waals surface area contributed by atoms with E-state index < -0.39 is 0 Å². The largest absolute Gasteiger partial charge is 0.308 e. The molecule has 5 aromatic carbocycles. The maximum absolute atomic E-state index is 13.9. The van der Waals surface area contributed by atoms with Crippen molar-refractivity contribution < 1.29 is 9.59 Å². The van der Waals surface area contributed by atoms with Gasteiger partial charge in [-0.3, -0.25) is 9.59 Å². The van der Waals surface area contributed by atoms with Crippen molar-refractivity contribution in [1.82, 2.24) is 4.57 Å². The lowest BCUT2D eigenvalue weighted by Crippen LogP contribution is -2.29. The third-order valence-electron chi connectivity index (χ3n) is 7.15. The Bertz CT molecular complexity index is 1980. The molecule has 1 aliphatic heterocycles. The van der Waals surface area contributed by atoms with Crippen LogP contribution < -0.4 is 4.90 Å². The third-order valence-corrected chi connectivity index (χ3v) is 7.15. The zero-order valence-electron chi connectivity index (χ0n) is 20.1. The fourth-order valence-electron chi connectivity index (χ4n) is 5.52. The van der Waals surface area contributed by atoms with Crippen molar-refractivity contribution in [3.8, 4) is 22.9 Å². The van der Waals surface area contributed by atoms with Crippen molar-refractivity contribution in [2.24, 2.45) is 0 Å². The fourth-order valence-corrected chi connectivity index (χ4v) is 5.52. The number of hydrogen-bond acceptors (Lipinski definition) is 3. The van der Waals surface area contributed by atoms with Crippen molar-refractivity contribution in [3.63, 3.8) is 0 Å². The van der Waals surface area contributed by atoms with E-state index in [1.54, 1.807) is 24.3 Å². The number of amides is 2. The molecule has 2 heterocycles. The van der Waals surface area contributed by atoms with E-state index in [9.17, 15) is 14.9 Å². The summed E-state index contributed by atoms with van der Waals surface area (Å²) in [6, 6.07) is 38.4. The van der Waals surface area contributed by atoms with Crippen LogP contribution in [0.5, 0.6) is 0 Å². The average Bonchev–Trinajstić information content (AvgIpc) is 3.45. The molecular formula is C33H19N3O2. The summed E-state index contributed by atoms with van der Waals surface area (Å²) < 4.78 is 2.08. The molecule has 0 unspecified atom stereocenters. The molecule has 0 bridgehead atoms. The molecule has 0 saturated carbocycles. The van der Waals surface area contributed by atoms with Gasteiger partial charge in [-0.2, -0.15) is 5.26 Å². The molecule has 0 atom stereocenters. The number of carbonyl (C=O) groups excluding carboxylic acids is 2. The minimum atomic E-state index is -0.346. The number of carbonyl (C=O) groups is 2. The van der Waals surface area contributed by atoms with Crippen LogP contribution in [0.2, 0.25) is 0 Å². The summed E-state index contributed by atoms with van der Waals surface area (Å²) >= 11 is 0. The summed E-state index contributed by atoms with van der Waals surface area (Å²) in [6.07, 6.45) is 0. The van der Waals surface area contributed by atoms with Gasteiger partial charge in [0.25, 0.3) is 11.8 Å². The normalized spacial score (nSPS) is 12.8. The van der Waals surface area contributed by atoms with Gasteiger partial charge in [0, 0.05) is 16.3 Å². The van der Waals surface area contributed by atoms with Crippen LogP contribution >= 0.6 is 0 Å². The number of imide groups is 1. The number of aromatic nitrogens is 1. The van der Waals surface area contributed by atoms with E-state index in [0.29, 0.717) is 28.1 Å². The first-order valence-corrected chi connectivity index (χ1v) is 12.3. The van der Waals surface area contributed by atoms with Crippen molar-refractivity contribution in [3.05, 3.63) is 132 Å². The number of rotatable bonds is 3. The lowest BCUT2D eigenvalue weighted by molar-refractivity contribution is 0.0926. The van der Waals surface area contributed by atoms with Gasteiger partial charge < -0.3 is 4.57 Å².